The molecule has 2 rings (SSSR count). The van der Waals surface area contributed by atoms with E-state index in [0.29, 0.717) is 0 Å². The average molecular weight is 302 g/mol. The summed E-state index contributed by atoms with van der Waals surface area (Å²) < 4.78 is 22.1. The van der Waals surface area contributed by atoms with Crippen molar-refractivity contribution in [3.8, 4) is 0 Å². The Labute approximate surface area is 125 Å². The lowest BCUT2D eigenvalue weighted by atomic mass is 9.77. The minimum atomic E-state index is -1.01. The molecule has 0 aliphatic carbocycles. The number of carbonyl (C=O) groups is 1. The van der Waals surface area contributed by atoms with Gasteiger partial charge in [0.1, 0.15) is 12.2 Å². The van der Waals surface area contributed by atoms with Gasteiger partial charge in [-0.15, -0.1) is 0 Å². The fourth-order valence-electron chi connectivity index (χ4n) is 2.71. The molecule has 2 saturated heterocycles. The second-order valence-electron chi connectivity index (χ2n) is 7.22. The van der Waals surface area contributed by atoms with Gasteiger partial charge in [0.05, 0.1) is 24.7 Å². The maximum absolute atomic E-state index is 12.7. The molecule has 6 nitrogen and oxygen atoms in total. The third kappa shape index (κ3) is 3.46. The number of hydrogen-bond donors (Lipinski definition) is 1. The van der Waals surface area contributed by atoms with Gasteiger partial charge in [-0.05, 0) is 27.7 Å². The predicted molar refractivity (Wildman–Crippen MR) is 74.6 cm³/mol. The van der Waals surface area contributed by atoms with E-state index in [1.165, 1.54) is 0 Å². The first-order valence-electron chi connectivity index (χ1n) is 7.30. The summed E-state index contributed by atoms with van der Waals surface area (Å²) in [7, 11) is 0. The lowest BCUT2D eigenvalue weighted by Gasteiger charge is -2.34. The Morgan fingerprint density at radius 1 is 1.10 bits per heavy atom. The highest BCUT2D eigenvalue weighted by molar-refractivity contribution is 5.89. The summed E-state index contributed by atoms with van der Waals surface area (Å²) in [5, 5.41) is 10.5. The van der Waals surface area contributed by atoms with E-state index in [4.69, 9.17) is 18.9 Å². The van der Waals surface area contributed by atoms with Crippen molar-refractivity contribution in [3.05, 3.63) is 0 Å². The third-order valence-electron chi connectivity index (χ3n) is 4.06. The molecule has 0 spiro atoms. The van der Waals surface area contributed by atoms with Gasteiger partial charge in [-0.3, -0.25) is 4.79 Å². The van der Waals surface area contributed by atoms with Crippen LogP contribution in [0, 0.1) is 5.41 Å². The first-order chi connectivity index (χ1) is 9.45. The average Bonchev–Trinajstić information content (AvgIpc) is 2.89. The summed E-state index contributed by atoms with van der Waals surface area (Å²) in [6.45, 7) is 11.0. The fourth-order valence-corrected chi connectivity index (χ4v) is 2.71. The van der Waals surface area contributed by atoms with E-state index < -0.39 is 35.3 Å². The molecule has 0 radical (unpaired) electrons. The highest BCUT2D eigenvalue weighted by Gasteiger charge is 2.50. The van der Waals surface area contributed by atoms with Gasteiger partial charge in [0, 0.05) is 0 Å². The van der Waals surface area contributed by atoms with Gasteiger partial charge in [-0.2, -0.15) is 0 Å². The van der Waals surface area contributed by atoms with Crippen LogP contribution in [-0.4, -0.2) is 54.0 Å². The zero-order valence-corrected chi connectivity index (χ0v) is 13.6. The van der Waals surface area contributed by atoms with Crippen molar-refractivity contribution in [2.24, 2.45) is 5.41 Å². The molecule has 21 heavy (non-hydrogen) atoms. The molecule has 0 aromatic rings. The molecule has 0 bridgehead atoms. The second-order valence-corrected chi connectivity index (χ2v) is 7.22. The maximum atomic E-state index is 12.7. The number of rotatable bonds is 4. The molecule has 0 aromatic carbocycles. The van der Waals surface area contributed by atoms with Crippen molar-refractivity contribution in [2.45, 2.75) is 71.4 Å². The topological polar surface area (TPSA) is 74.2 Å². The van der Waals surface area contributed by atoms with Crippen LogP contribution in [0.1, 0.15) is 41.5 Å². The van der Waals surface area contributed by atoms with E-state index in [1.807, 2.05) is 0 Å². The van der Waals surface area contributed by atoms with Crippen LogP contribution in [-0.2, 0) is 23.7 Å². The number of Topliss-reactive ketones (excluding diaryl/α,β-unsaturated/α-hetero) is 1. The van der Waals surface area contributed by atoms with Crippen LogP contribution >= 0.6 is 0 Å². The largest absolute Gasteiger partial charge is 0.389 e. The molecule has 0 amide bonds. The smallest absolute Gasteiger partial charge is 0.172 e. The normalized spacial score (nSPS) is 33.1. The standard InChI is InChI=1S/C15H26O6/c1-13(2,11(16)9-7-18-14(3,4)20-9)12(17)10-8-19-15(5,6)21-10/h9-11,16H,7-8H2,1-6H3/t9-,10-,11-/m1/s1. The van der Waals surface area contributed by atoms with Crippen LogP contribution in [0.25, 0.3) is 0 Å². The van der Waals surface area contributed by atoms with Gasteiger partial charge in [-0.25, -0.2) is 0 Å². The van der Waals surface area contributed by atoms with E-state index in [2.05, 4.69) is 0 Å². The predicted octanol–water partition coefficient (Wildman–Crippen LogP) is 1.25. The van der Waals surface area contributed by atoms with Gasteiger partial charge in [-0.1, -0.05) is 13.8 Å². The molecule has 0 aromatic heterocycles. The van der Waals surface area contributed by atoms with Crippen molar-refractivity contribution in [1.29, 1.82) is 0 Å². The minimum absolute atomic E-state index is 0.186. The van der Waals surface area contributed by atoms with Gasteiger partial charge in [0.2, 0.25) is 0 Å². The van der Waals surface area contributed by atoms with Crippen molar-refractivity contribution >= 4 is 5.78 Å². The molecular formula is C15H26O6. The molecule has 1 N–H and O–H groups in total. The van der Waals surface area contributed by atoms with Crippen molar-refractivity contribution in [1.82, 2.24) is 0 Å². The van der Waals surface area contributed by atoms with E-state index >= 15 is 0 Å². The number of carbonyl (C=O) groups excluding carboxylic acids is 1. The van der Waals surface area contributed by atoms with E-state index in [-0.39, 0.29) is 19.0 Å². The number of ketones is 1. The van der Waals surface area contributed by atoms with Crippen LogP contribution in [0.15, 0.2) is 0 Å². The summed E-state index contributed by atoms with van der Waals surface area (Å²) in [6.07, 6.45) is -2.17. The lowest BCUT2D eigenvalue weighted by molar-refractivity contribution is -0.174. The number of hydrogen-bond acceptors (Lipinski definition) is 6. The van der Waals surface area contributed by atoms with Gasteiger partial charge < -0.3 is 24.1 Å². The molecule has 0 saturated carbocycles. The third-order valence-corrected chi connectivity index (χ3v) is 4.06. The van der Waals surface area contributed by atoms with Crippen molar-refractivity contribution in [2.75, 3.05) is 13.2 Å². The second kappa shape index (κ2) is 5.28. The Morgan fingerprint density at radius 3 is 2.05 bits per heavy atom. The number of ether oxygens (including phenoxy) is 4. The Bertz CT molecular complexity index is 414. The van der Waals surface area contributed by atoms with E-state index in [9.17, 15) is 9.90 Å². The zero-order valence-electron chi connectivity index (χ0n) is 13.6. The lowest BCUT2D eigenvalue weighted by Crippen LogP contribution is -2.50. The molecule has 2 aliphatic heterocycles. The van der Waals surface area contributed by atoms with Crippen LogP contribution in [0.2, 0.25) is 0 Å². The van der Waals surface area contributed by atoms with Gasteiger partial charge in [0.25, 0.3) is 0 Å². The molecule has 122 valence electrons. The summed E-state index contributed by atoms with van der Waals surface area (Å²) >= 11 is 0. The first kappa shape index (κ1) is 16.8. The van der Waals surface area contributed by atoms with Crippen LogP contribution in [0.3, 0.4) is 0 Å². The Balaban J connectivity index is 2.05. The Morgan fingerprint density at radius 2 is 1.62 bits per heavy atom. The molecule has 6 heteroatoms. The monoisotopic (exact) mass is 302 g/mol. The SMILES string of the molecule is CC1(C)OC[C@H](C(=O)C(C)(C)[C@H](O)[C@H]2COC(C)(C)O2)O1. The van der Waals surface area contributed by atoms with Crippen LogP contribution in [0.5, 0.6) is 0 Å². The van der Waals surface area contributed by atoms with E-state index in [1.54, 1.807) is 41.5 Å². The summed E-state index contributed by atoms with van der Waals surface area (Å²) in [4.78, 5) is 12.7. The maximum Gasteiger partial charge on any atom is 0.172 e. The molecule has 2 fully saturated rings. The minimum Gasteiger partial charge on any atom is -0.389 e. The van der Waals surface area contributed by atoms with Crippen molar-refractivity contribution < 1.29 is 28.8 Å². The molecular weight excluding hydrogens is 276 g/mol. The number of aliphatic hydroxyl groups is 1. The Hall–Kier alpha value is -0.530. The molecule has 2 aliphatic rings. The number of aliphatic hydroxyl groups excluding tert-OH is 1. The molecule has 2 heterocycles. The fraction of sp³-hybridized carbons (Fsp3) is 0.933. The highest BCUT2D eigenvalue weighted by atomic mass is 16.8. The van der Waals surface area contributed by atoms with Crippen LogP contribution in [0.4, 0.5) is 0 Å². The van der Waals surface area contributed by atoms with Gasteiger partial charge in [0.15, 0.2) is 17.4 Å². The van der Waals surface area contributed by atoms with E-state index in [0.717, 1.165) is 0 Å². The molecule has 0 unspecified atom stereocenters. The first-order valence-corrected chi connectivity index (χ1v) is 7.30. The van der Waals surface area contributed by atoms with Crippen molar-refractivity contribution in [3.63, 3.8) is 0 Å². The quantitative estimate of drug-likeness (QED) is 0.842. The Kier molecular flexibility index (Phi) is 4.23. The summed E-state index contributed by atoms with van der Waals surface area (Å²) in [5.74, 6) is -1.69. The van der Waals surface area contributed by atoms with Gasteiger partial charge >= 0.3 is 0 Å². The highest BCUT2D eigenvalue weighted by Crippen LogP contribution is 2.35. The van der Waals surface area contributed by atoms with Crippen LogP contribution < -0.4 is 0 Å². The molecule has 3 atom stereocenters. The zero-order chi connectivity index (χ0) is 16.1. The summed E-state index contributed by atoms with van der Waals surface area (Å²) in [6, 6.07) is 0. The summed E-state index contributed by atoms with van der Waals surface area (Å²) in [5.41, 5.74) is -1.01.